The second kappa shape index (κ2) is 5.73. The van der Waals surface area contributed by atoms with Crippen molar-refractivity contribution in [1.29, 1.82) is 0 Å². The predicted molar refractivity (Wildman–Crippen MR) is 71.0 cm³/mol. The van der Waals surface area contributed by atoms with Crippen molar-refractivity contribution in [3.05, 3.63) is 35.4 Å². The lowest BCUT2D eigenvalue weighted by molar-refractivity contribution is 0.0934. The lowest BCUT2D eigenvalue weighted by atomic mass is 10.1. The summed E-state index contributed by atoms with van der Waals surface area (Å²) in [4.78, 5) is 25.0. The maximum Gasteiger partial charge on any atom is 0.409 e. The van der Waals surface area contributed by atoms with Gasteiger partial charge in [-0.3, -0.25) is 4.79 Å². The van der Waals surface area contributed by atoms with Gasteiger partial charge in [0, 0.05) is 24.7 Å². The molecule has 1 unspecified atom stereocenters. The van der Waals surface area contributed by atoms with Gasteiger partial charge < -0.3 is 15.0 Å². The highest BCUT2D eigenvalue weighted by Crippen LogP contribution is 2.11. The minimum absolute atomic E-state index is 0.00657. The fraction of sp³-hybridized carbons (Fsp3) is 0.429. The van der Waals surface area contributed by atoms with Crippen LogP contribution in [0.15, 0.2) is 24.3 Å². The maximum atomic E-state index is 12.0. The Balaban J connectivity index is 1.90. The van der Waals surface area contributed by atoms with Crippen molar-refractivity contribution in [2.24, 2.45) is 0 Å². The Labute approximate surface area is 112 Å². The average molecular weight is 262 g/mol. The first kappa shape index (κ1) is 13.4. The van der Waals surface area contributed by atoms with E-state index in [4.69, 9.17) is 0 Å². The average Bonchev–Trinajstić information content (AvgIpc) is 2.87. The molecule has 0 aliphatic carbocycles. The topological polar surface area (TPSA) is 58.6 Å². The Hall–Kier alpha value is -2.04. The lowest BCUT2D eigenvalue weighted by Crippen LogP contribution is -2.38. The molecule has 1 aromatic rings. The fourth-order valence-electron chi connectivity index (χ4n) is 2.15. The molecule has 0 aromatic heterocycles. The summed E-state index contributed by atoms with van der Waals surface area (Å²) in [6.45, 7) is 3.10. The van der Waals surface area contributed by atoms with E-state index in [1.54, 1.807) is 17.0 Å². The standard InChI is InChI=1S/C14H18N2O3/c1-10-3-5-11(6-4-10)13(17)15-12-7-8-16(9-12)14(18)19-2/h3-6,12H,7-9H2,1-2H3,(H,15,17). The molecule has 2 amide bonds. The highest BCUT2D eigenvalue weighted by molar-refractivity contribution is 5.94. The first-order valence-electron chi connectivity index (χ1n) is 6.30. The van der Waals surface area contributed by atoms with Gasteiger partial charge in [0.05, 0.1) is 7.11 Å². The molecule has 1 N–H and O–H groups in total. The van der Waals surface area contributed by atoms with E-state index in [-0.39, 0.29) is 18.0 Å². The molecule has 19 heavy (non-hydrogen) atoms. The van der Waals surface area contributed by atoms with Crippen LogP contribution < -0.4 is 5.32 Å². The second-order valence-corrected chi connectivity index (χ2v) is 4.74. The molecular weight excluding hydrogens is 244 g/mol. The molecule has 0 bridgehead atoms. The summed E-state index contributed by atoms with van der Waals surface area (Å²) in [5.74, 6) is -0.100. The number of nitrogens with zero attached hydrogens (tertiary/aromatic N) is 1. The zero-order chi connectivity index (χ0) is 13.8. The van der Waals surface area contributed by atoms with Gasteiger partial charge in [0.15, 0.2) is 0 Å². The first-order valence-corrected chi connectivity index (χ1v) is 6.30. The van der Waals surface area contributed by atoms with Crippen molar-refractivity contribution in [3.63, 3.8) is 0 Å². The molecule has 5 nitrogen and oxygen atoms in total. The third-order valence-electron chi connectivity index (χ3n) is 3.27. The van der Waals surface area contributed by atoms with Crippen molar-refractivity contribution in [2.75, 3.05) is 20.2 Å². The van der Waals surface area contributed by atoms with E-state index in [0.717, 1.165) is 12.0 Å². The monoisotopic (exact) mass is 262 g/mol. The Kier molecular flexibility index (Phi) is 4.04. The van der Waals surface area contributed by atoms with E-state index in [1.807, 2.05) is 19.1 Å². The van der Waals surface area contributed by atoms with Crippen LogP contribution >= 0.6 is 0 Å². The van der Waals surface area contributed by atoms with Crippen LogP contribution in [-0.4, -0.2) is 43.1 Å². The summed E-state index contributed by atoms with van der Waals surface area (Å²) in [5, 5.41) is 2.94. The van der Waals surface area contributed by atoms with Gasteiger partial charge in [0.1, 0.15) is 0 Å². The molecule has 0 spiro atoms. The van der Waals surface area contributed by atoms with E-state index in [2.05, 4.69) is 10.1 Å². The quantitative estimate of drug-likeness (QED) is 0.880. The van der Waals surface area contributed by atoms with E-state index in [0.29, 0.717) is 18.7 Å². The number of aryl methyl sites for hydroxylation is 1. The molecule has 2 rings (SSSR count). The van der Waals surface area contributed by atoms with Crippen LogP contribution in [0.5, 0.6) is 0 Å². The molecule has 1 atom stereocenters. The van der Waals surface area contributed by atoms with E-state index in [9.17, 15) is 9.59 Å². The van der Waals surface area contributed by atoms with Gasteiger partial charge in [0.2, 0.25) is 0 Å². The molecule has 1 saturated heterocycles. The smallest absolute Gasteiger partial charge is 0.409 e. The molecule has 1 aromatic carbocycles. The first-order chi connectivity index (χ1) is 9.10. The summed E-state index contributed by atoms with van der Waals surface area (Å²) < 4.78 is 4.66. The molecule has 102 valence electrons. The van der Waals surface area contributed by atoms with Crippen LogP contribution in [0.4, 0.5) is 4.79 Å². The Morgan fingerprint density at radius 1 is 1.32 bits per heavy atom. The molecule has 1 aliphatic rings. The number of carbonyl (C=O) groups is 2. The van der Waals surface area contributed by atoms with Crippen molar-refractivity contribution < 1.29 is 14.3 Å². The number of hydrogen-bond donors (Lipinski definition) is 1. The van der Waals surface area contributed by atoms with Crippen LogP contribution in [0, 0.1) is 6.92 Å². The number of likely N-dealkylation sites (tertiary alicyclic amines) is 1. The van der Waals surface area contributed by atoms with Gasteiger partial charge >= 0.3 is 6.09 Å². The number of amides is 2. The molecule has 1 aliphatic heterocycles. The van der Waals surface area contributed by atoms with Gasteiger partial charge in [-0.25, -0.2) is 4.79 Å². The third kappa shape index (κ3) is 3.24. The minimum Gasteiger partial charge on any atom is -0.453 e. The van der Waals surface area contributed by atoms with E-state index in [1.165, 1.54) is 7.11 Å². The van der Waals surface area contributed by atoms with Gasteiger partial charge in [-0.15, -0.1) is 0 Å². The number of hydrogen-bond acceptors (Lipinski definition) is 3. The van der Waals surface area contributed by atoms with E-state index < -0.39 is 0 Å². The lowest BCUT2D eigenvalue weighted by Gasteiger charge is -2.15. The number of ether oxygens (including phenoxy) is 1. The van der Waals surface area contributed by atoms with Crippen molar-refractivity contribution in [1.82, 2.24) is 10.2 Å². The summed E-state index contributed by atoms with van der Waals surface area (Å²) in [6.07, 6.45) is 0.416. The van der Waals surface area contributed by atoms with Crippen LogP contribution in [0.1, 0.15) is 22.3 Å². The highest BCUT2D eigenvalue weighted by Gasteiger charge is 2.27. The zero-order valence-corrected chi connectivity index (χ0v) is 11.2. The van der Waals surface area contributed by atoms with E-state index >= 15 is 0 Å². The van der Waals surface area contributed by atoms with Crippen molar-refractivity contribution >= 4 is 12.0 Å². The summed E-state index contributed by atoms with van der Waals surface area (Å²) in [5.41, 5.74) is 1.76. The van der Waals surface area contributed by atoms with Gasteiger partial charge in [-0.05, 0) is 25.5 Å². The van der Waals surface area contributed by atoms with Gasteiger partial charge in [0.25, 0.3) is 5.91 Å². The number of rotatable bonds is 2. The minimum atomic E-state index is -0.341. The van der Waals surface area contributed by atoms with Gasteiger partial charge in [-0.2, -0.15) is 0 Å². The number of benzene rings is 1. The fourth-order valence-corrected chi connectivity index (χ4v) is 2.15. The normalized spacial score (nSPS) is 18.2. The predicted octanol–water partition coefficient (Wildman–Crippen LogP) is 1.57. The van der Waals surface area contributed by atoms with Crippen molar-refractivity contribution in [2.45, 2.75) is 19.4 Å². The van der Waals surface area contributed by atoms with Crippen LogP contribution in [0.25, 0.3) is 0 Å². The number of methoxy groups -OCH3 is 1. The Bertz CT molecular complexity index is 470. The molecule has 1 heterocycles. The zero-order valence-electron chi connectivity index (χ0n) is 11.2. The summed E-state index contributed by atoms with van der Waals surface area (Å²) in [6, 6.07) is 7.41. The van der Waals surface area contributed by atoms with Gasteiger partial charge in [-0.1, -0.05) is 17.7 Å². The van der Waals surface area contributed by atoms with Crippen LogP contribution in [0.2, 0.25) is 0 Å². The summed E-state index contributed by atoms with van der Waals surface area (Å²) in [7, 11) is 1.36. The SMILES string of the molecule is COC(=O)N1CCC(NC(=O)c2ccc(C)cc2)C1. The largest absolute Gasteiger partial charge is 0.453 e. The van der Waals surface area contributed by atoms with Crippen LogP contribution in [-0.2, 0) is 4.74 Å². The maximum absolute atomic E-state index is 12.0. The molecule has 5 heteroatoms. The molecule has 0 saturated carbocycles. The number of carbonyl (C=O) groups excluding carboxylic acids is 2. The Morgan fingerprint density at radius 3 is 2.63 bits per heavy atom. The second-order valence-electron chi connectivity index (χ2n) is 4.74. The number of nitrogens with one attached hydrogen (secondary N) is 1. The molecule has 0 radical (unpaired) electrons. The summed E-state index contributed by atoms with van der Waals surface area (Å²) >= 11 is 0. The highest BCUT2D eigenvalue weighted by atomic mass is 16.5. The third-order valence-corrected chi connectivity index (χ3v) is 3.27. The van der Waals surface area contributed by atoms with Crippen molar-refractivity contribution in [3.8, 4) is 0 Å². The molecular formula is C14H18N2O3. The Morgan fingerprint density at radius 2 is 2.00 bits per heavy atom. The van der Waals surface area contributed by atoms with Crippen LogP contribution in [0.3, 0.4) is 0 Å². The molecule has 1 fully saturated rings.